The minimum atomic E-state index is -0.462. The molecule has 0 aliphatic rings. The van der Waals surface area contributed by atoms with Crippen LogP contribution in [0.4, 0.5) is 0 Å². The molecule has 1 aromatic carbocycles. The smallest absolute Gasteiger partial charge is 0.253 e. The minimum absolute atomic E-state index is 0.0672. The highest BCUT2D eigenvalue weighted by Gasteiger charge is 2.20. The highest BCUT2D eigenvalue weighted by Crippen LogP contribution is 2.18. The van der Waals surface area contributed by atoms with Crippen molar-refractivity contribution in [2.45, 2.75) is 41.2 Å². The zero-order valence-electron chi connectivity index (χ0n) is 13.3. The van der Waals surface area contributed by atoms with Crippen LogP contribution in [-0.4, -0.2) is 10.9 Å². The Hall–Kier alpha value is -2.10. The summed E-state index contributed by atoms with van der Waals surface area (Å²) in [5.41, 5.74) is 3.02. The number of pyridine rings is 1. The number of aromatic amines is 1. The number of aryl methyl sites for hydroxylation is 2. The topological polar surface area (TPSA) is 62.0 Å². The number of fused-ring (bicyclic) bond motifs is 1. The van der Waals surface area contributed by atoms with Gasteiger partial charge in [0.15, 0.2) is 0 Å². The van der Waals surface area contributed by atoms with Crippen LogP contribution in [0.3, 0.4) is 0 Å². The lowest BCUT2D eigenvalue weighted by Crippen LogP contribution is -2.35. The summed E-state index contributed by atoms with van der Waals surface area (Å²) < 4.78 is 0. The molecule has 0 aliphatic carbocycles. The number of rotatable bonds is 2. The summed E-state index contributed by atoms with van der Waals surface area (Å²) in [5, 5.41) is 3.81. The van der Waals surface area contributed by atoms with Crippen LogP contribution >= 0.6 is 0 Å². The summed E-state index contributed by atoms with van der Waals surface area (Å²) in [6, 6.07) is 5.93. The first-order valence-corrected chi connectivity index (χ1v) is 7.10. The number of carbonyl (C=O) groups is 1. The molecular formula is C17H22N2O2. The van der Waals surface area contributed by atoms with Gasteiger partial charge < -0.3 is 10.3 Å². The van der Waals surface area contributed by atoms with Gasteiger partial charge in [0.25, 0.3) is 5.56 Å². The maximum absolute atomic E-state index is 12.1. The van der Waals surface area contributed by atoms with Gasteiger partial charge in [-0.1, -0.05) is 32.4 Å². The van der Waals surface area contributed by atoms with Crippen molar-refractivity contribution < 1.29 is 4.79 Å². The van der Waals surface area contributed by atoms with Crippen molar-refractivity contribution in [3.8, 4) is 0 Å². The number of carbonyl (C=O) groups excluding carboxylic acids is 1. The Morgan fingerprint density at radius 2 is 1.86 bits per heavy atom. The van der Waals surface area contributed by atoms with E-state index in [4.69, 9.17) is 0 Å². The van der Waals surface area contributed by atoms with Gasteiger partial charge in [0.1, 0.15) is 0 Å². The lowest BCUT2D eigenvalue weighted by Gasteiger charge is -2.17. The molecule has 0 atom stereocenters. The van der Waals surface area contributed by atoms with Crippen molar-refractivity contribution in [3.05, 3.63) is 45.2 Å². The van der Waals surface area contributed by atoms with Gasteiger partial charge >= 0.3 is 0 Å². The zero-order chi connectivity index (χ0) is 15.8. The Morgan fingerprint density at radius 3 is 2.48 bits per heavy atom. The summed E-state index contributed by atoms with van der Waals surface area (Å²) in [6.07, 6.45) is 0. The minimum Gasteiger partial charge on any atom is -0.351 e. The van der Waals surface area contributed by atoms with E-state index in [1.165, 1.54) is 0 Å². The van der Waals surface area contributed by atoms with Gasteiger partial charge in [-0.15, -0.1) is 0 Å². The van der Waals surface area contributed by atoms with E-state index in [-0.39, 0.29) is 18.0 Å². The predicted molar refractivity (Wildman–Crippen MR) is 85.3 cm³/mol. The van der Waals surface area contributed by atoms with Crippen molar-refractivity contribution in [1.29, 1.82) is 0 Å². The van der Waals surface area contributed by atoms with E-state index in [0.717, 1.165) is 22.0 Å². The average molecular weight is 286 g/mol. The second-order valence-corrected chi connectivity index (χ2v) is 6.60. The van der Waals surface area contributed by atoms with E-state index in [9.17, 15) is 9.59 Å². The van der Waals surface area contributed by atoms with E-state index < -0.39 is 5.41 Å². The molecule has 1 aromatic heterocycles. The Labute approximate surface area is 124 Å². The van der Waals surface area contributed by atoms with Crippen LogP contribution in [0.25, 0.3) is 10.9 Å². The number of amides is 1. The van der Waals surface area contributed by atoms with E-state index in [1.54, 1.807) is 0 Å². The molecule has 0 bridgehead atoms. The van der Waals surface area contributed by atoms with E-state index >= 15 is 0 Å². The summed E-state index contributed by atoms with van der Waals surface area (Å²) in [4.78, 5) is 26.9. The standard InChI is InChI=1S/C17H22N2O2/c1-10-6-11(2)14-12(7-10)8-13(15(20)19-14)9-18-16(21)17(3,4)5/h6-8H,9H2,1-5H3,(H,18,21)(H,19,20). The summed E-state index contributed by atoms with van der Waals surface area (Å²) in [5.74, 6) is -0.0672. The first-order chi connectivity index (χ1) is 9.68. The predicted octanol–water partition coefficient (Wildman–Crippen LogP) is 2.81. The number of hydrogen-bond acceptors (Lipinski definition) is 2. The van der Waals surface area contributed by atoms with E-state index in [2.05, 4.69) is 10.3 Å². The molecule has 4 heteroatoms. The van der Waals surface area contributed by atoms with Gasteiger partial charge in [-0.05, 0) is 36.9 Å². The molecular weight excluding hydrogens is 264 g/mol. The lowest BCUT2D eigenvalue weighted by atomic mass is 9.95. The molecule has 2 N–H and O–H groups in total. The first-order valence-electron chi connectivity index (χ1n) is 7.10. The fourth-order valence-corrected chi connectivity index (χ4v) is 2.30. The SMILES string of the molecule is Cc1cc(C)c2[nH]c(=O)c(CNC(=O)C(C)(C)C)cc2c1. The third kappa shape index (κ3) is 3.32. The Bertz CT molecular complexity index is 752. The molecule has 4 nitrogen and oxygen atoms in total. The quantitative estimate of drug-likeness (QED) is 0.891. The molecule has 0 saturated heterocycles. The summed E-state index contributed by atoms with van der Waals surface area (Å²) in [6.45, 7) is 9.79. The second kappa shape index (κ2) is 5.35. The zero-order valence-corrected chi connectivity index (χ0v) is 13.3. The molecule has 0 aliphatic heterocycles. The summed E-state index contributed by atoms with van der Waals surface area (Å²) >= 11 is 0. The largest absolute Gasteiger partial charge is 0.351 e. The third-order valence-electron chi connectivity index (χ3n) is 3.49. The monoisotopic (exact) mass is 286 g/mol. The Morgan fingerprint density at radius 1 is 1.19 bits per heavy atom. The number of aromatic nitrogens is 1. The first kappa shape index (κ1) is 15.3. The summed E-state index contributed by atoms with van der Waals surface area (Å²) in [7, 11) is 0. The molecule has 21 heavy (non-hydrogen) atoms. The Kier molecular flexibility index (Phi) is 3.90. The molecule has 1 heterocycles. The average Bonchev–Trinajstić information content (AvgIpc) is 2.35. The van der Waals surface area contributed by atoms with Gasteiger partial charge in [-0.2, -0.15) is 0 Å². The number of benzene rings is 1. The second-order valence-electron chi connectivity index (χ2n) is 6.60. The van der Waals surface area contributed by atoms with Gasteiger partial charge in [-0.25, -0.2) is 0 Å². The van der Waals surface area contributed by atoms with Crippen molar-refractivity contribution in [1.82, 2.24) is 10.3 Å². The molecule has 0 unspecified atom stereocenters. The number of nitrogens with one attached hydrogen (secondary N) is 2. The number of H-pyrrole nitrogens is 1. The lowest BCUT2D eigenvalue weighted by molar-refractivity contribution is -0.128. The third-order valence-corrected chi connectivity index (χ3v) is 3.49. The molecule has 0 radical (unpaired) electrons. The maximum atomic E-state index is 12.1. The normalized spacial score (nSPS) is 11.7. The van der Waals surface area contributed by atoms with Crippen LogP contribution in [-0.2, 0) is 11.3 Å². The molecule has 1 amide bonds. The Balaban J connectivity index is 2.35. The van der Waals surface area contributed by atoms with E-state index in [1.807, 2.05) is 52.8 Å². The van der Waals surface area contributed by atoms with Crippen molar-refractivity contribution in [3.63, 3.8) is 0 Å². The molecule has 112 valence electrons. The van der Waals surface area contributed by atoms with Crippen molar-refractivity contribution in [2.75, 3.05) is 0 Å². The molecule has 0 saturated carbocycles. The fourth-order valence-electron chi connectivity index (χ4n) is 2.30. The molecule has 2 rings (SSSR count). The van der Waals surface area contributed by atoms with E-state index in [0.29, 0.717) is 5.56 Å². The highest BCUT2D eigenvalue weighted by atomic mass is 16.2. The van der Waals surface area contributed by atoms with Crippen molar-refractivity contribution in [2.24, 2.45) is 5.41 Å². The maximum Gasteiger partial charge on any atom is 0.253 e. The van der Waals surface area contributed by atoms with Crippen LogP contribution in [0.2, 0.25) is 0 Å². The fraction of sp³-hybridized carbons (Fsp3) is 0.412. The van der Waals surface area contributed by atoms with Crippen LogP contribution in [0.15, 0.2) is 23.0 Å². The van der Waals surface area contributed by atoms with Crippen LogP contribution in [0, 0.1) is 19.3 Å². The van der Waals surface area contributed by atoms with Crippen LogP contribution < -0.4 is 10.9 Å². The molecule has 0 fully saturated rings. The molecule has 2 aromatic rings. The molecule has 0 spiro atoms. The van der Waals surface area contributed by atoms with Crippen molar-refractivity contribution >= 4 is 16.8 Å². The van der Waals surface area contributed by atoms with Gasteiger partial charge in [0, 0.05) is 17.5 Å². The van der Waals surface area contributed by atoms with Crippen LogP contribution in [0.1, 0.15) is 37.5 Å². The van der Waals surface area contributed by atoms with Gasteiger partial charge in [0.05, 0.1) is 5.52 Å². The van der Waals surface area contributed by atoms with Gasteiger partial charge in [0.2, 0.25) is 5.91 Å². The van der Waals surface area contributed by atoms with Gasteiger partial charge in [-0.3, -0.25) is 9.59 Å². The highest BCUT2D eigenvalue weighted by molar-refractivity contribution is 5.83. The van der Waals surface area contributed by atoms with Crippen LogP contribution in [0.5, 0.6) is 0 Å². The number of hydrogen-bond donors (Lipinski definition) is 2.